The molecular formula is C21H21F3N4O2. The first-order chi connectivity index (χ1) is 14.3. The minimum absolute atomic E-state index is 0.0876. The van der Waals surface area contributed by atoms with Gasteiger partial charge in [0.1, 0.15) is 0 Å². The predicted molar refractivity (Wildman–Crippen MR) is 107 cm³/mol. The number of hydrogen-bond donors (Lipinski definition) is 2. The number of hydrogen-bond acceptors (Lipinski definition) is 4. The quantitative estimate of drug-likeness (QED) is 0.680. The van der Waals surface area contributed by atoms with Gasteiger partial charge in [0.25, 0.3) is 5.91 Å². The number of aromatic nitrogens is 2. The van der Waals surface area contributed by atoms with Crippen LogP contribution in [0, 0.1) is 6.92 Å². The monoisotopic (exact) mass is 418 g/mol. The largest absolute Gasteiger partial charge is 0.416 e. The summed E-state index contributed by atoms with van der Waals surface area (Å²) in [7, 11) is 0. The summed E-state index contributed by atoms with van der Waals surface area (Å²) >= 11 is 0. The van der Waals surface area contributed by atoms with Gasteiger partial charge < -0.3 is 14.6 Å². The summed E-state index contributed by atoms with van der Waals surface area (Å²) in [5.41, 5.74) is 1.56. The van der Waals surface area contributed by atoms with Gasteiger partial charge in [0.15, 0.2) is 0 Å². The number of anilines is 1. The smallest absolute Gasteiger partial charge is 0.378 e. The number of aryl methyl sites for hydroxylation is 1. The van der Waals surface area contributed by atoms with Crippen LogP contribution in [0.1, 0.15) is 27.5 Å². The summed E-state index contributed by atoms with van der Waals surface area (Å²) in [6, 6.07) is 9.86. The summed E-state index contributed by atoms with van der Waals surface area (Å²) in [6.45, 7) is 4.29. The molecule has 1 amide bonds. The highest BCUT2D eigenvalue weighted by Gasteiger charge is 2.31. The minimum atomic E-state index is -4.52. The molecule has 1 aliphatic rings. The number of amides is 1. The van der Waals surface area contributed by atoms with Gasteiger partial charge >= 0.3 is 6.18 Å². The van der Waals surface area contributed by atoms with Crippen molar-refractivity contribution in [2.75, 3.05) is 31.6 Å². The van der Waals surface area contributed by atoms with Crippen molar-refractivity contribution >= 4 is 22.9 Å². The molecule has 1 aromatic heterocycles. The molecule has 0 radical (unpaired) electrons. The Morgan fingerprint density at radius 2 is 2.07 bits per heavy atom. The van der Waals surface area contributed by atoms with E-state index in [4.69, 9.17) is 4.74 Å². The maximum atomic E-state index is 13.0. The van der Waals surface area contributed by atoms with Crippen LogP contribution in [0.5, 0.6) is 0 Å². The molecule has 1 fully saturated rings. The lowest BCUT2D eigenvalue weighted by molar-refractivity contribution is -0.137. The topological polar surface area (TPSA) is 68.2 Å². The highest BCUT2D eigenvalue weighted by atomic mass is 19.4. The van der Waals surface area contributed by atoms with E-state index in [9.17, 15) is 18.0 Å². The molecule has 4 rings (SSSR count). The van der Waals surface area contributed by atoms with Crippen LogP contribution in [-0.4, -0.2) is 41.8 Å². The fourth-order valence-electron chi connectivity index (χ4n) is 3.63. The van der Waals surface area contributed by atoms with Crippen molar-refractivity contribution in [3.8, 4) is 0 Å². The first-order valence-electron chi connectivity index (χ1n) is 9.59. The number of nitrogens with zero attached hydrogens (tertiary/aromatic N) is 2. The summed E-state index contributed by atoms with van der Waals surface area (Å²) in [4.78, 5) is 17.3. The lowest BCUT2D eigenvalue weighted by Gasteiger charge is -2.20. The zero-order valence-electron chi connectivity index (χ0n) is 16.3. The number of ether oxygens (including phenoxy) is 1. The Bertz CT molecular complexity index is 1070. The van der Waals surface area contributed by atoms with Crippen molar-refractivity contribution in [2.45, 2.75) is 19.1 Å². The van der Waals surface area contributed by atoms with Crippen LogP contribution in [0.4, 0.5) is 19.1 Å². The molecule has 0 aliphatic carbocycles. The van der Waals surface area contributed by atoms with Crippen molar-refractivity contribution in [1.82, 2.24) is 14.9 Å². The first-order valence-corrected chi connectivity index (χ1v) is 9.59. The fraction of sp³-hybridized carbons (Fsp3) is 0.333. The van der Waals surface area contributed by atoms with Crippen LogP contribution in [0.15, 0.2) is 42.5 Å². The van der Waals surface area contributed by atoms with Crippen molar-refractivity contribution < 1.29 is 22.7 Å². The fourth-order valence-corrected chi connectivity index (χ4v) is 3.63. The third-order valence-electron chi connectivity index (χ3n) is 5.07. The molecule has 1 saturated heterocycles. The zero-order valence-corrected chi connectivity index (χ0v) is 16.3. The maximum absolute atomic E-state index is 13.0. The number of imidazole rings is 1. The Kier molecular flexibility index (Phi) is 5.48. The van der Waals surface area contributed by atoms with Crippen LogP contribution >= 0.6 is 0 Å². The number of para-hydroxylation sites is 1. The van der Waals surface area contributed by atoms with Crippen LogP contribution in [0.25, 0.3) is 11.0 Å². The van der Waals surface area contributed by atoms with Crippen molar-refractivity contribution in [1.29, 1.82) is 0 Å². The van der Waals surface area contributed by atoms with Crippen molar-refractivity contribution in [2.24, 2.45) is 0 Å². The van der Waals surface area contributed by atoms with E-state index in [1.165, 1.54) is 12.1 Å². The molecule has 3 aromatic rings. The molecule has 0 spiro atoms. The van der Waals surface area contributed by atoms with Gasteiger partial charge in [-0.3, -0.25) is 10.1 Å². The van der Waals surface area contributed by atoms with Gasteiger partial charge in [-0.05, 0) is 36.8 Å². The average Bonchev–Trinajstić information content (AvgIpc) is 2.88. The zero-order chi connectivity index (χ0) is 21.3. The summed E-state index contributed by atoms with van der Waals surface area (Å²) in [5.74, 6) is -0.378. The molecular weight excluding hydrogens is 397 g/mol. The average molecular weight is 418 g/mol. The van der Waals surface area contributed by atoms with E-state index >= 15 is 0 Å². The maximum Gasteiger partial charge on any atom is 0.416 e. The third kappa shape index (κ3) is 4.03. The molecule has 0 bridgehead atoms. The van der Waals surface area contributed by atoms with E-state index in [1.807, 2.05) is 29.7 Å². The van der Waals surface area contributed by atoms with E-state index in [1.54, 1.807) is 0 Å². The number of fused-ring (bicyclic) bond motifs is 1. The van der Waals surface area contributed by atoms with Gasteiger partial charge in [0, 0.05) is 18.7 Å². The number of halogens is 3. The predicted octanol–water partition coefficient (Wildman–Crippen LogP) is 3.78. The highest BCUT2D eigenvalue weighted by Crippen LogP contribution is 2.31. The number of alkyl halides is 3. The molecule has 1 aliphatic heterocycles. The summed E-state index contributed by atoms with van der Waals surface area (Å²) in [6.07, 6.45) is -4.52. The Morgan fingerprint density at radius 3 is 2.87 bits per heavy atom. The van der Waals surface area contributed by atoms with Crippen molar-refractivity contribution in [3.63, 3.8) is 0 Å². The molecule has 0 saturated carbocycles. The number of rotatable bonds is 3. The number of benzene rings is 2. The lowest BCUT2D eigenvalue weighted by atomic mass is 10.1. The Morgan fingerprint density at radius 1 is 1.27 bits per heavy atom. The molecule has 2 N–H and O–H groups in total. The van der Waals surface area contributed by atoms with Gasteiger partial charge in [-0.1, -0.05) is 18.2 Å². The third-order valence-corrected chi connectivity index (χ3v) is 5.07. The second-order valence-electron chi connectivity index (χ2n) is 7.21. The lowest BCUT2D eigenvalue weighted by Crippen LogP contribution is -2.27. The minimum Gasteiger partial charge on any atom is -0.378 e. The number of nitrogens with one attached hydrogen (secondary N) is 2. The molecule has 0 unspecified atom stereocenters. The molecule has 6 nitrogen and oxygen atoms in total. The second kappa shape index (κ2) is 8.08. The molecule has 2 heterocycles. The van der Waals surface area contributed by atoms with Crippen LogP contribution in [-0.2, 0) is 10.9 Å². The van der Waals surface area contributed by atoms with Crippen LogP contribution in [0.2, 0.25) is 0 Å². The molecule has 158 valence electrons. The summed E-state index contributed by atoms with van der Waals surface area (Å²) in [5, 5.41) is 6.00. The molecule has 2 aromatic carbocycles. The van der Waals surface area contributed by atoms with Crippen LogP contribution < -0.4 is 10.6 Å². The van der Waals surface area contributed by atoms with Gasteiger partial charge in [-0.25, -0.2) is 4.98 Å². The molecule has 30 heavy (non-hydrogen) atoms. The van der Waals surface area contributed by atoms with Gasteiger partial charge in [-0.15, -0.1) is 0 Å². The van der Waals surface area contributed by atoms with E-state index in [0.29, 0.717) is 31.8 Å². The Balaban J connectivity index is 1.73. The molecule has 1 atom stereocenters. The Hall–Kier alpha value is -2.91. The standard InChI is InChI=1S/C21H21F3N4O2/c1-13-4-2-7-17-18(13)28(16-11-25-8-9-30-12-16)20(26-17)27-19(29)14-5-3-6-15(10-14)21(22,23)24/h2-7,10,16,25H,8-9,11-12H2,1H3,(H,26,27,29)/t16-/m0/s1. The van der Waals surface area contributed by atoms with E-state index in [2.05, 4.69) is 15.6 Å². The SMILES string of the molecule is Cc1cccc2nc(NC(=O)c3cccc(C(F)(F)F)c3)n([C@H]3CNCCOC3)c12. The Labute approximate surface area is 171 Å². The van der Waals surface area contributed by atoms with Gasteiger partial charge in [-0.2, -0.15) is 13.2 Å². The number of carbonyl (C=O) groups is 1. The second-order valence-corrected chi connectivity index (χ2v) is 7.21. The van der Waals surface area contributed by atoms with Gasteiger partial charge in [0.2, 0.25) is 5.95 Å². The first kappa shape index (κ1) is 20.4. The van der Waals surface area contributed by atoms with E-state index in [-0.39, 0.29) is 17.6 Å². The normalized spacial score (nSPS) is 17.7. The van der Waals surface area contributed by atoms with Crippen molar-refractivity contribution in [3.05, 3.63) is 59.2 Å². The van der Waals surface area contributed by atoms with Gasteiger partial charge in [0.05, 0.1) is 35.9 Å². The van der Waals surface area contributed by atoms with E-state index < -0.39 is 17.6 Å². The van der Waals surface area contributed by atoms with E-state index in [0.717, 1.165) is 23.2 Å². The number of carbonyl (C=O) groups excluding carboxylic acids is 1. The van der Waals surface area contributed by atoms with Crippen LogP contribution in [0.3, 0.4) is 0 Å². The summed E-state index contributed by atoms with van der Waals surface area (Å²) < 4.78 is 46.6. The highest BCUT2D eigenvalue weighted by molar-refractivity contribution is 6.04. The molecule has 9 heteroatoms.